The highest BCUT2D eigenvalue weighted by Gasteiger charge is 2.18. The van der Waals surface area contributed by atoms with Crippen LogP contribution in [-0.2, 0) is 0 Å². The van der Waals surface area contributed by atoms with Gasteiger partial charge in [-0.15, -0.1) is 0 Å². The van der Waals surface area contributed by atoms with E-state index < -0.39 is 0 Å². The van der Waals surface area contributed by atoms with E-state index in [1.165, 1.54) is 4.57 Å². The lowest BCUT2D eigenvalue weighted by Gasteiger charge is -2.05. The summed E-state index contributed by atoms with van der Waals surface area (Å²) in [6.45, 7) is 1.90. The molecule has 2 aromatic carbocycles. The number of carbonyl (C=O) groups is 1. The predicted molar refractivity (Wildman–Crippen MR) is 100 cm³/mol. The smallest absolute Gasteiger partial charge is 0.299 e. The van der Waals surface area contributed by atoms with Crippen LogP contribution in [0.4, 0.5) is 0 Å². The second kappa shape index (κ2) is 6.02. The van der Waals surface area contributed by atoms with E-state index in [1.807, 2.05) is 47.9 Å². The first kappa shape index (κ1) is 15.9. The van der Waals surface area contributed by atoms with Gasteiger partial charge in [-0.1, -0.05) is 29.8 Å². The predicted octanol–water partition coefficient (Wildman–Crippen LogP) is 5.40. The highest BCUT2D eigenvalue weighted by molar-refractivity contribution is 7.71. The largest absolute Gasteiger partial charge is 0.451 e. The fourth-order valence-corrected chi connectivity index (χ4v) is 3.33. The van der Waals surface area contributed by atoms with E-state index in [-0.39, 0.29) is 11.7 Å². The number of benzene rings is 2. The van der Waals surface area contributed by atoms with Crippen molar-refractivity contribution >= 4 is 40.7 Å². The van der Waals surface area contributed by atoms with E-state index in [2.05, 4.69) is 0 Å². The molecular weight excluding hydrogens is 356 g/mol. The molecule has 0 bridgehead atoms. The number of furan rings is 1. The van der Waals surface area contributed by atoms with Crippen LogP contribution in [0.15, 0.2) is 65.2 Å². The van der Waals surface area contributed by atoms with Gasteiger partial charge in [0.25, 0.3) is 5.91 Å². The van der Waals surface area contributed by atoms with Crippen molar-refractivity contribution in [2.75, 3.05) is 0 Å². The van der Waals surface area contributed by atoms with Gasteiger partial charge in [0.1, 0.15) is 5.58 Å². The number of aryl methyl sites for hydroxylation is 1. The van der Waals surface area contributed by atoms with Gasteiger partial charge in [0.2, 0.25) is 0 Å². The molecule has 0 atom stereocenters. The number of imidazole rings is 1. The number of hydrogen-bond donors (Lipinski definition) is 0. The molecule has 0 radical (unpaired) electrons. The van der Waals surface area contributed by atoms with Gasteiger partial charge in [-0.25, -0.2) is 0 Å². The molecule has 4 rings (SSSR count). The van der Waals surface area contributed by atoms with Gasteiger partial charge in [-0.2, -0.15) is 0 Å². The molecule has 124 valence electrons. The molecule has 0 saturated heterocycles. The van der Waals surface area contributed by atoms with Crippen molar-refractivity contribution in [3.05, 3.63) is 82.0 Å². The first-order valence-corrected chi connectivity index (χ1v) is 8.43. The van der Waals surface area contributed by atoms with Crippen molar-refractivity contribution in [2.24, 2.45) is 0 Å². The first-order chi connectivity index (χ1) is 12.0. The Kier molecular flexibility index (Phi) is 3.82. The van der Waals surface area contributed by atoms with Gasteiger partial charge < -0.3 is 4.42 Å². The zero-order valence-corrected chi connectivity index (χ0v) is 14.8. The minimum atomic E-state index is -0.294. The van der Waals surface area contributed by atoms with Crippen LogP contribution in [0.25, 0.3) is 16.7 Å². The topological polar surface area (TPSA) is 40.1 Å². The molecule has 0 aliphatic carbocycles. The van der Waals surface area contributed by atoms with E-state index in [9.17, 15) is 4.79 Å². The van der Waals surface area contributed by atoms with E-state index in [0.717, 1.165) is 16.8 Å². The van der Waals surface area contributed by atoms with Gasteiger partial charge in [0.05, 0.1) is 0 Å². The molecule has 6 heteroatoms. The second-order valence-corrected chi connectivity index (χ2v) is 6.49. The number of aromatic nitrogens is 2. The summed E-state index contributed by atoms with van der Waals surface area (Å²) >= 11 is 11.5. The molecule has 0 fully saturated rings. The Bertz CT molecular complexity index is 1120. The lowest BCUT2D eigenvalue weighted by Crippen LogP contribution is -2.11. The fraction of sp³-hybridized carbons (Fsp3) is 0.0526. The molecule has 0 spiro atoms. The lowest BCUT2D eigenvalue weighted by molar-refractivity contribution is 0.0932. The van der Waals surface area contributed by atoms with Crippen LogP contribution in [0.5, 0.6) is 0 Å². The maximum atomic E-state index is 12.9. The van der Waals surface area contributed by atoms with E-state index in [1.54, 1.807) is 24.4 Å². The number of para-hydroxylation sites is 1. The number of rotatable bonds is 2. The molecule has 4 nitrogen and oxygen atoms in total. The van der Waals surface area contributed by atoms with Crippen molar-refractivity contribution in [2.45, 2.75) is 6.92 Å². The molecule has 0 amide bonds. The molecular formula is C19H13ClN2O2S. The first-order valence-electron chi connectivity index (χ1n) is 7.65. The molecule has 2 aromatic heterocycles. The van der Waals surface area contributed by atoms with Crippen LogP contribution in [0.3, 0.4) is 0 Å². The van der Waals surface area contributed by atoms with Gasteiger partial charge in [0.15, 0.2) is 10.5 Å². The minimum Gasteiger partial charge on any atom is -0.451 e. The molecule has 0 N–H and O–H groups in total. The quantitative estimate of drug-likeness (QED) is 0.444. The van der Waals surface area contributed by atoms with Crippen LogP contribution in [0.2, 0.25) is 5.02 Å². The Hall–Kier alpha value is -2.63. The lowest BCUT2D eigenvalue weighted by atomic mass is 10.2. The van der Waals surface area contributed by atoms with Gasteiger partial charge >= 0.3 is 0 Å². The minimum absolute atomic E-state index is 0.255. The standard InChI is InChI=1S/C19H13ClN2O2S/c1-12-11-21(19(25)22(12)15-8-6-14(20)7-9-15)18(23)17-10-13-4-2-3-5-16(13)24-17/h2-11H,1H3. The SMILES string of the molecule is Cc1cn(C(=O)c2cc3ccccc3o2)c(=S)n1-c1ccc(Cl)cc1. The van der Waals surface area contributed by atoms with Crippen molar-refractivity contribution in [3.8, 4) is 5.69 Å². The number of fused-ring (bicyclic) bond motifs is 1. The average Bonchev–Trinajstić information content (AvgIpc) is 3.16. The summed E-state index contributed by atoms with van der Waals surface area (Å²) in [7, 11) is 0. The highest BCUT2D eigenvalue weighted by atomic mass is 35.5. The zero-order valence-electron chi connectivity index (χ0n) is 13.3. The summed E-state index contributed by atoms with van der Waals surface area (Å²) in [5, 5.41) is 1.52. The third-order valence-electron chi connectivity index (χ3n) is 4.01. The Labute approximate surface area is 153 Å². The summed E-state index contributed by atoms with van der Waals surface area (Å²) in [6, 6.07) is 16.5. The Morgan fingerprint density at radius 2 is 1.84 bits per heavy atom. The van der Waals surface area contributed by atoms with Gasteiger partial charge in [-0.3, -0.25) is 13.9 Å². The van der Waals surface area contributed by atoms with Gasteiger partial charge in [0, 0.05) is 28.0 Å². The fourth-order valence-electron chi connectivity index (χ4n) is 2.81. The van der Waals surface area contributed by atoms with Crippen LogP contribution in [-0.4, -0.2) is 15.0 Å². The maximum Gasteiger partial charge on any atom is 0.299 e. The monoisotopic (exact) mass is 368 g/mol. The Morgan fingerprint density at radius 3 is 2.56 bits per heavy atom. The summed E-state index contributed by atoms with van der Waals surface area (Å²) in [6.07, 6.45) is 1.71. The normalized spacial score (nSPS) is 11.1. The Balaban J connectivity index is 1.81. The van der Waals surface area contributed by atoms with Crippen LogP contribution < -0.4 is 0 Å². The van der Waals surface area contributed by atoms with E-state index in [4.69, 9.17) is 28.2 Å². The summed E-state index contributed by atoms with van der Waals surface area (Å²) in [5.41, 5.74) is 2.37. The highest BCUT2D eigenvalue weighted by Crippen LogP contribution is 2.22. The summed E-state index contributed by atoms with van der Waals surface area (Å²) < 4.78 is 9.30. The summed E-state index contributed by atoms with van der Waals surface area (Å²) in [5.74, 6) is -0.0393. The van der Waals surface area contributed by atoms with E-state index in [0.29, 0.717) is 15.4 Å². The van der Waals surface area contributed by atoms with Crippen molar-refractivity contribution < 1.29 is 9.21 Å². The zero-order chi connectivity index (χ0) is 17.6. The number of halogens is 1. The molecule has 0 aliphatic rings. The number of nitrogens with zero attached hydrogens (tertiary/aromatic N) is 2. The van der Waals surface area contributed by atoms with Crippen molar-refractivity contribution in [1.29, 1.82) is 0 Å². The molecule has 0 unspecified atom stereocenters. The number of carbonyl (C=O) groups excluding carboxylic acids is 1. The Morgan fingerprint density at radius 1 is 1.12 bits per heavy atom. The van der Waals surface area contributed by atoms with E-state index >= 15 is 0 Å². The van der Waals surface area contributed by atoms with Crippen LogP contribution in [0, 0.1) is 11.7 Å². The third-order valence-corrected chi connectivity index (χ3v) is 4.64. The summed E-state index contributed by atoms with van der Waals surface area (Å²) in [4.78, 5) is 12.9. The van der Waals surface area contributed by atoms with Crippen LogP contribution >= 0.6 is 23.8 Å². The molecule has 2 heterocycles. The second-order valence-electron chi connectivity index (χ2n) is 5.69. The average molecular weight is 369 g/mol. The van der Waals surface area contributed by atoms with Crippen molar-refractivity contribution in [3.63, 3.8) is 0 Å². The van der Waals surface area contributed by atoms with Gasteiger partial charge in [-0.05, 0) is 55.5 Å². The van der Waals surface area contributed by atoms with Crippen molar-refractivity contribution in [1.82, 2.24) is 9.13 Å². The molecule has 0 saturated carbocycles. The third kappa shape index (κ3) is 2.71. The maximum absolute atomic E-state index is 12.9. The molecule has 4 aromatic rings. The van der Waals surface area contributed by atoms with Crippen LogP contribution in [0.1, 0.15) is 16.2 Å². The number of hydrogen-bond acceptors (Lipinski definition) is 3. The molecule has 25 heavy (non-hydrogen) atoms. The molecule has 0 aliphatic heterocycles.